The van der Waals surface area contributed by atoms with E-state index in [0.717, 1.165) is 16.9 Å². The lowest BCUT2D eigenvalue weighted by Crippen LogP contribution is -2.25. The van der Waals surface area contributed by atoms with Crippen molar-refractivity contribution >= 4 is 17.2 Å². The van der Waals surface area contributed by atoms with Crippen LogP contribution in [0.2, 0.25) is 0 Å². The fourth-order valence-corrected chi connectivity index (χ4v) is 3.01. The highest BCUT2D eigenvalue weighted by Gasteiger charge is 2.15. The first kappa shape index (κ1) is 16.4. The van der Waals surface area contributed by atoms with E-state index in [0.29, 0.717) is 11.5 Å². The van der Waals surface area contributed by atoms with E-state index in [4.69, 9.17) is 9.47 Å². The Morgan fingerprint density at radius 1 is 1.18 bits per heavy atom. The molecule has 0 fully saturated rings. The number of hydrogen-bond acceptors (Lipinski definition) is 4. The topological polar surface area (TPSA) is 47.6 Å². The molecule has 0 aliphatic rings. The Bertz CT molecular complexity index is 651. The van der Waals surface area contributed by atoms with Gasteiger partial charge in [-0.15, -0.1) is 11.3 Å². The second-order valence-electron chi connectivity index (χ2n) is 4.93. The van der Waals surface area contributed by atoms with Gasteiger partial charge in [0.15, 0.2) is 11.5 Å². The molecule has 1 N–H and O–H groups in total. The molecule has 1 amide bonds. The van der Waals surface area contributed by atoms with Crippen LogP contribution in [0.25, 0.3) is 0 Å². The summed E-state index contributed by atoms with van der Waals surface area (Å²) in [6.07, 6.45) is 0.948. The van der Waals surface area contributed by atoms with Crippen molar-refractivity contribution in [1.29, 1.82) is 0 Å². The molecule has 1 aromatic heterocycles. The molecular weight excluding hydrogens is 298 g/mol. The van der Waals surface area contributed by atoms with Gasteiger partial charge in [-0.2, -0.15) is 0 Å². The average molecular weight is 319 g/mol. The number of rotatable bonds is 6. The van der Waals surface area contributed by atoms with Crippen molar-refractivity contribution in [3.05, 3.63) is 45.6 Å². The van der Waals surface area contributed by atoms with Crippen LogP contribution in [-0.4, -0.2) is 20.1 Å². The van der Waals surface area contributed by atoms with Crippen LogP contribution in [0, 0.1) is 0 Å². The van der Waals surface area contributed by atoms with Crippen molar-refractivity contribution < 1.29 is 14.3 Å². The van der Waals surface area contributed by atoms with Crippen molar-refractivity contribution in [2.45, 2.75) is 26.3 Å². The van der Waals surface area contributed by atoms with Crippen molar-refractivity contribution in [3.8, 4) is 11.5 Å². The minimum absolute atomic E-state index is 0.0491. The second kappa shape index (κ2) is 7.31. The van der Waals surface area contributed by atoms with Crippen molar-refractivity contribution in [1.82, 2.24) is 5.32 Å². The maximum atomic E-state index is 12.3. The Morgan fingerprint density at radius 3 is 2.50 bits per heavy atom. The lowest BCUT2D eigenvalue weighted by Gasteiger charge is -2.16. The van der Waals surface area contributed by atoms with Crippen molar-refractivity contribution in [3.63, 3.8) is 0 Å². The van der Waals surface area contributed by atoms with Crippen LogP contribution in [0.15, 0.2) is 30.3 Å². The number of aryl methyl sites for hydroxylation is 1. The molecule has 1 atom stereocenters. The van der Waals surface area contributed by atoms with E-state index < -0.39 is 0 Å². The number of nitrogens with one attached hydrogen (secondary N) is 1. The molecule has 0 radical (unpaired) electrons. The monoisotopic (exact) mass is 319 g/mol. The molecule has 118 valence electrons. The average Bonchev–Trinajstić information content (AvgIpc) is 3.03. The second-order valence-corrected chi connectivity index (χ2v) is 6.10. The van der Waals surface area contributed by atoms with E-state index in [1.54, 1.807) is 14.2 Å². The van der Waals surface area contributed by atoms with Crippen LogP contribution < -0.4 is 14.8 Å². The lowest BCUT2D eigenvalue weighted by atomic mass is 10.1. The first-order chi connectivity index (χ1) is 10.6. The number of carbonyl (C=O) groups is 1. The smallest absolute Gasteiger partial charge is 0.261 e. The van der Waals surface area contributed by atoms with E-state index in [9.17, 15) is 4.79 Å². The van der Waals surface area contributed by atoms with Crippen molar-refractivity contribution in [2.75, 3.05) is 14.2 Å². The Labute approximate surface area is 135 Å². The summed E-state index contributed by atoms with van der Waals surface area (Å²) in [6.45, 7) is 4.03. The van der Waals surface area contributed by atoms with E-state index >= 15 is 0 Å². The minimum atomic E-state index is -0.112. The fourth-order valence-electron chi connectivity index (χ4n) is 2.16. The maximum absolute atomic E-state index is 12.3. The summed E-state index contributed by atoms with van der Waals surface area (Å²) < 4.78 is 10.5. The van der Waals surface area contributed by atoms with Crippen LogP contribution in [0.4, 0.5) is 0 Å². The molecule has 2 rings (SSSR count). The summed E-state index contributed by atoms with van der Waals surface area (Å²) in [5, 5.41) is 3.01. The predicted molar refractivity (Wildman–Crippen MR) is 89.1 cm³/mol. The molecule has 4 nitrogen and oxygen atoms in total. The van der Waals surface area contributed by atoms with Crippen LogP contribution >= 0.6 is 11.3 Å². The molecule has 0 spiro atoms. The van der Waals surface area contributed by atoms with Crippen LogP contribution in [0.3, 0.4) is 0 Å². The summed E-state index contributed by atoms with van der Waals surface area (Å²) in [5.74, 6) is 1.29. The van der Waals surface area contributed by atoms with Gasteiger partial charge in [-0.1, -0.05) is 13.0 Å². The third-order valence-electron chi connectivity index (χ3n) is 3.49. The summed E-state index contributed by atoms with van der Waals surface area (Å²) in [4.78, 5) is 14.2. The zero-order chi connectivity index (χ0) is 16.1. The first-order valence-corrected chi connectivity index (χ1v) is 8.02. The van der Waals surface area contributed by atoms with Gasteiger partial charge in [-0.3, -0.25) is 4.79 Å². The summed E-state index contributed by atoms with van der Waals surface area (Å²) >= 11 is 1.54. The Morgan fingerprint density at radius 2 is 1.91 bits per heavy atom. The molecule has 0 saturated carbocycles. The molecule has 5 heteroatoms. The summed E-state index contributed by atoms with van der Waals surface area (Å²) in [6, 6.07) is 9.42. The van der Waals surface area contributed by atoms with Gasteiger partial charge < -0.3 is 14.8 Å². The molecule has 0 bridgehead atoms. The molecule has 0 unspecified atom stereocenters. The van der Waals surface area contributed by atoms with Crippen LogP contribution in [0.1, 0.15) is 40.0 Å². The summed E-state index contributed by atoms with van der Waals surface area (Å²) in [5.41, 5.74) is 0.971. The van der Waals surface area contributed by atoms with Gasteiger partial charge >= 0.3 is 0 Å². The number of hydrogen-bond donors (Lipinski definition) is 1. The number of thiophene rings is 1. The normalized spacial score (nSPS) is 11.8. The minimum Gasteiger partial charge on any atom is -0.493 e. The third kappa shape index (κ3) is 3.60. The third-order valence-corrected chi connectivity index (χ3v) is 4.72. The fraction of sp³-hybridized carbons (Fsp3) is 0.353. The van der Waals surface area contributed by atoms with Gasteiger partial charge in [0.2, 0.25) is 0 Å². The Balaban J connectivity index is 2.11. The zero-order valence-corrected chi connectivity index (χ0v) is 14.1. The molecule has 0 saturated heterocycles. The van der Waals surface area contributed by atoms with E-state index in [-0.39, 0.29) is 11.9 Å². The highest BCUT2D eigenvalue weighted by Crippen LogP contribution is 2.30. The van der Waals surface area contributed by atoms with E-state index in [2.05, 4.69) is 12.2 Å². The van der Waals surface area contributed by atoms with E-state index in [1.807, 2.05) is 37.3 Å². The predicted octanol–water partition coefficient (Wildman–Crippen LogP) is 3.82. The highest BCUT2D eigenvalue weighted by molar-refractivity contribution is 7.14. The number of methoxy groups -OCH3 is 2. The molecule has 0 aliphatic heterocycles. The molecule has 1 aromatic carbocycles. The van der Waals surface area contributed by atoms with Gasteiger partial charge in [0.25, 0.3) is 5.91 Å². The van der Waals surface area contributed by atoms with E-state index in [1.165, 1.54) is 16.2 Å². The molecule has 1 heterocycles. The zero-order valence-electron chi connectivity index (χ0n) is 13.3. The Hall–Kier alpha value is -2.01. The van der Waals surface area contributed by atoms with Gasteiger partial charge in [0.1, 0.15) is 0 Å². The van der Waals surface area contributed by atoms with Gasteiger partial charge in [0, 0.05) is 4.88 Å². The molecule has 0 aliphatic carbocycles. The molecule has 2 aromatic rings. The van der Waals surface area contributed by atoms with Crippen molar-refractivity contribution in [2.24, 2.45) is 0 Å². The number of ether oxygens (including phenoxy) is 2. The summed E-state index contributed by atoms with van der Waals surface area (Å²) in [7, 11) is 3.20. The van der Waals surface area contributed by atoms with Gasteiger partial charge in [-0.25, -0.2) is 0 Å². The standard InChI is InChI=1S/C17H21NO3S/c1-5-13-7-9-16(22-13)17(19)18-11(2)12-6-8-14(20-3)15(10-12)21-4/h6-11H,5H2,1-4H3,(H,18,19)/t11-/m1/s1. The largest absolute Gasteiger partial charge is 0.493 e. The highest BCUT2D eigenvalue weighted by atomic mass is 32.1. The van der Waals surface area contributed by atoms with Crippen LogP contribution in [0.5, 0.6) is 11.5 Å². The first-order valence-electron chi connectivity index (χ1n) is 7.20. The van der Waals surface area contributed by atoms with Crippen LogP contribution in [-0.2, 0) is 6.42 Å². The maximum Gasteiger partial charge on any atom is 0.261 e. The number of amides is 1. The van der Waals surface area contributed by atoms with Gasteiger partial charge in [0.05, 0.1) is 25.1 Å². The number of carbonyl (C=O) groups excluding carboxylic acids is 1. The SMILES string of the molecule is CCc1ccc(C(=O)N[C@H](C)c2ccc(OC)c(OC)c2)s1. The molecule has 22 heavy (non-hydrogen) atoms. The lowest BCUT2D eigenvalue weighted by molar-refractivity contribution is 0.0944. The van der Waals surface area contributed by atoms with Gasteiger partial charge in [-0.05, 0) is 43.2 Å². The quantitative estimate of drug-likeness (QED) is 0.880. The Kier molecular flexibility index (Phi) is 5.44. The molecular formula is C17H21NO3S. The number of benzene rings is 1.